The van der Waals surface area contributed by atoms with Gasteiger partial charge in [0.15, 0.2) is 0 Å². The molecule has 0 bridgehead atoms. The Balaban J connectivity index is 1.81. The van der Waals surface area contributed by atoms with E-state index in [4.69, 9.17) is 0 Å². The van der Waals surface area contributed by atoms with Crippen molar-refractivity contribution in [1.29, 1.82) is 0 Å². The number of hydrogen-bond donors (Lipinski definition) is 1. The lowest BCUT2D eigenvalue weighted by molar-refractivity contribution is 0.448. The standard InChI is InChI=1S/C15H22N2O2S/c1-11(2)12-3-5-15(6-4-12)20(18,19)17-9-13-7-16-8-14(13)10-17/h3-6,11,13-14,16H,7-10H2,1-2H3. The number of hydrogen-bond acceptors (Lipinski definition) is 3. The molecule has 2 heterocycles. The average Bonchev–Trinajstić information content (AvgIpc) is 2.99. The quantitative estimate of drug-likeness (QED) is 0.922. The van der Waals surface area contributed by atoms with E-state index in [2.05, 4.69) is 19.2 Å². The lowest BCUT2D eigenvalue weighted by atomic mass is 10.0. The summed E-state index contributed by atoms with van der Waals surface area (Å²) in [6.07, 6.45) is 0. The average molecular weight is 294 g/mol. The van der Waals surface area contributed by atoms with Crippen LogP contribution < -0.4 is 5.32 Å². The SMILES string of the molecule is CC(C)c1ccc(S(=O)(=O)N2CC3CNCC3C2)cc1. The highest BCUT2D eigenvalue weighted by atomic mass is 32.2. The molecule has 0 aromatic heterocycles. The van der Waals surface area contributed by atoms with Crippen LogP contribution in [0, 0.1) is 11.8 Å². The molecule has 2 aliphatic rings. The highest BCUT2D eigenvalue weighted by molar-refractivity contribution is 7.89. The van der Waals surface area contributed by atoms with Crippen molar-refractivity contribution in [1.82, 2.24) is 9.62 Å². The van der Waals surface area contributed by atoms with Gasteiger partial charge in [0.05, 0.1) is 4.90 Å². The number of nitrogens with one attached hydrogen (secondary N) is 1. The first-order chi connectivity index (χ1) is 9.48. The van der Waals surface area contributed by atoms with Crippen LogP contribution >= 0.6 is 0 Å². The molecule has 0 saturated carbocycles. The molecular formula is C15H22N2O2S. The maximum atomic E-state index is 12.7. The summed E-state index contributed by atoms with van der Waals surface area (Å²) in [5.74, 6) is 1.39. The van der Waals surface area contributed by atoms with Crippen LogP contribution in [-0.4, -0.2) is 38.9 Å². The molecule has 0 spiro atoms. The van der Waals surface area contributed by atoms with Gasteiger partial charge in [-0.25, -0.2) is 8.42 Å². The van der Waals surface area contributed by atoms with E-state index in [1.807, 2.05) is 12.1 Å². The zero-order valence-corrected chi connectivity index (χ0v) is 12.9. The summed E-state index contributed by atoms with van der Waals surface area (Å²) in [6.45, 7) is 7.43. The second-order valence-electron chi connectivity index (χ2n) is 6.22. The number of sulfonamides is 1. The minimum atomic E-state index is -3.32. The van der Waals surface area contributed by atoms with E-state index in [0.717, 1.165) is 13.1 Å². The van der Waals surface area contributed by atoms with E-state index in [1.54, 1.807) is 16.4 Å². The Morgan fingerprint density at radius 2 is 1.65 bits per heavy atom. The van der Waals surface area contributed by atoms with Crippen LogP contribution in [0.1, 0.15) is 25.3 Å². The number of benzene rings is 1. The molecule has 2 fully saturated rings. The normalized spacial score (nSPS) is 27.1. The first-order valence-corrected chi connectivity index (χ1v) is 8.73. The first-order valence-electron chi connectivity index (χ1n) is 7.29. The van der Waals surface area contributed by atoms with Gasteiger partial charge in [-0.3, -0.25) is 0 Å². The Morgan fingerprint density at radius 1 is 1.10 bits per heavy atom. The summed E-state index contributed by atoms with van der Waals surface area (Å²) < 4.78 is 27.0. The molecule has 0 amide bonds. The molecule has 0 aliphatic carbocycles. The van der Waals surface area contributed by atoms with Crippen molar-refractivity contribution in [3.63, 3.8) is 0 Å². The van der Waals surface area contributed by atoms with Gasteiger partial charge >= 0.3 is 0 Å². The van der Waals surface area contributed by atoms with Crippen LogP contribution in [-0.2, 0) is 10.0 Å². The third-order valence-corrected chi connectivity index (χ3v) is 6.39. The van der Waals surface area contributed by atoms with Gasteiger partial charge in [0.25, 0.3) is 0 Å². The summed E-state index contributed by atoms with van der Waals surface area (Å²) in [5.41, 5.74) is 1.17. The van der Waals surface area contributed by atoms with Crippen molar-refractivity contribution in [2.45, 2.75) is 24.7 Å². The number of fused-ring (bicyclic) bond motifs is 1. The molecule has 1 aromatic rings. The van der Waals surface area contributed by atoms with Crippen molar-refractivity contribution < 1.29 is 8.42 Å². The molecule has 4 nitrogen and oxygen atoms in total. The van der Waals surface area contributed by atoms with Crippen LogP contribution in [0.25, 0.3) is 0 Å². The van der Waals surface area contributed by atoms with E-state index >= 15 is 0 Å². The summed E-state index contributed by atoms with van der Waals surface area (Å²) in [5, 5.41) is 3.33. The van der Waals surface area contributed by atoms with Crippen LogP contribution in [0.3, 0.4) is 0 Å². The fraction of sp³-hybridized carbons (Fsp3) is 0.600. The number of rotatable bonds is 3. The van der Waals surface area contributed by atoms with Gasteiger partial charge in [0.1, 0.15) is 0 Å². The topological polar surface area (TPSA) is 49.4 Å². The predicted octanol–water partition coefficient (Wildman–Crippen LogP) is 1.65. The second kappa shape index (κ2) is 5.13. The lowest BCUT2D eigenvalue weighted by Gasteiger charge is -2.18. The molecule has 5 heteroatoms. The van der Waals surface area contributed by atoms with Crippen molar-refractivity contribution in [3.8, 4) is 0 Å². The zero-order chi connectivity index (χ0) is 14.3. The summed E-state index contributed by atoms with van der Waals surface area (Å²) >= 11 is 0. The lowest BCUT2D eigenvalue weighted by Crippen LogP contribution is -2.31. The van der Waals surface area contributed by atoms with E-state index in [-0.39, 0.29) is 0 Å². The molecule has 2 unspecified atom stereocenters. The Morgan fingerprint density at radius 3 is 2.15 bits per heavy atom. The van der Waals surface area contributed by atoms with E-state index in [9.17, 15) is 8.42 Å². The fourth-order valence-corrected chi connectivity index (χ4v) is 4.74. The molecule has 3 rings (SSSR count). The Kier molecular flexibility index (Phi) is 3.60. The van der Waals surface area contributed by atoms with Gasteiger partial charge in [0.2, 0.25) is 10.0 Å². The predicted molar refractivity (Wildman–Crippen MR) is 79.1 cm³/mol. The minimum absolute atomic E-state index is 0.420. The zero-order valence-electron chi connectivity index (χ0n) is 12.0. The van der Waals surface area contributed by atoms with Crippen LogP contribution in [0.15, 0.2) is 29.2 Å². The molecule has 0 radical (unpaired) electrons. The Hall–Kier alpha value is -0.910. The second-order valence-corrected chi connectivity index (χ2v) is 8.16. The highest BCUT2D eigenvalue weighted by Crippen LogP contribution is 2.31. The molecule has 1 N–H and O–H groups in total. The third kappa shape index (κ3) is 2.38. The Labute approximate surface area is 121 Å². The molecular weight excluding hydrogens is 272 g/mol. The highest BCUT2D eigenvalue weighted by Gasteiger charge is 2.41. The van der Waals surface area contributed by atoms with E-state index < -0.39 is 10.0 Å². The van der Waals surface area contributed by atoms with Gasteiger partial charge in [-0.1, -0.05) is 26.0 Å². The summed E-state index contributed by atoms with van der Waals surface area (Å²) in [7, 11) is -3.32. The molecule has 2 atom stereocenters. The van der Waals surface area contributed by atoms with Gasteiger partial charge in [-0.2, -0.15) is 4.31 Å². The van der Waals surface area contributed by atoms with E-state index in [1.165, 1.54) is 5.56 Å². The smallest absolute Gasteiger partial charge is 0.243 e. The van der Waals surface area contributed by atoms with Gasteiger partial charge < -0.3 is 5.32 Å². The molecule has 20 heavy (non-hydrogen) atoms. The Bertz CT molecular complexity index is 568. The molecule has 110 valence electrons. The first kappa shape index (κ1) is 14.0. The van der Waals surface area contributed by atoms with E-state index in [0.29, 0.717) is 35.7 Å². The van der Waals surface area contributed by atoms with Gasteiger partial charge in [0, 0.05) is 13.1 Å². The van der Waals surface area contributed by atoms with Crippen molar-refractivity contribution in [3.05, 3.63) is 29.8 Å². The van der Waals surface area contributed by atoms with Crippen LogP contribution in [0.5, 0.6) is 0 Å². The van der Waals surface area contributed by atoms with Gasteiger partial charge in [-0.15, -0.1) is 0 Å². The van der Waals surface area contributed by atoms with Crippen molar-refractivity contribution in [2.24, 2.45) is 11.8 Å². The van der Waals surface area contributed by atoms with Crippen LogP contribution in [0.4, 0.5) is 0 Å². The summed E-state index contributed by atoms with van der Waals surface area (Å²) in [4.78, 5) is 0.426. The number of nitrogens with zero attached hydrogens (tertiary/aromatic N) is 1. The van der Waals surface area contributed by atoms with Crippen molar-refractivity contribution in [2.75, 3.05) is 26.2 Å². The van der Waals surface area contributed by atoms with Gasteiger partial charge in [-0.05, 0) is 48.5 Å². The van der Waals surface area contributed by atoms with Crippen LogP contribution in [0.2, 0.25) is 0 Å². The molecule has 2 saturated heterocycles. The fourth-order valence-electron chi connectivity index (χ4n) is 3.18. The summed E-state index contributed by atoms with van der Waals surface area (Å²) in [6, 6.07) is 7.35. The monoisotopic (exact) mass is 294 g/mol. The molecule has 1 aromatic carbocycles. The molecule has 2 aliphatic heterocycles. The largest absolute Gasteiger partial charge is 0.316 e. The third-order valence-electron chi connectivity index (χ3n) is 4.54. The minimum Gasteiger partial charge on any atom is -0.316 e. The van der Waals surface area contributed by atoms with Crippen molar-refractivity contribution >= 4 is 10.0 Å². The maximum absolute atomic E-state index is 12.7. The maximum Gasteiger partial charge on any atom is 0.243 e.